The van der Waals surface area contributed by atoms with Crippen molar-refractivity contribution in [2.75, 3.05) is 13.7 Å². The summed E-state index contributed by atoms with van der Waals surface area (Å²) in [6.07, 6.45) is 0. The Morgan fingerprint density at radius 1 is 1.50 bits per heavy atom. The van der Waals surface area contributed by atoms with Crippen LogP contribution >= 0.6 is 0 Å². The Morgan fingerprint density at radius 2 is 2.29 bits per heavy atom. The van der Waals surface area contributed by atoms with Gasteiger partial charge in [-0.3, -0.25) is 0 Å². The van der Waals surface area contributed by atoms with E-state index in [1.165, 1.54) is 5.56 Å². The molecule has 1 N–H and O–H groups in total. The molecule has 3 nitrogen and oxygen atoms in total. The molecule has 0 heterocycles. The monoisotopic (exact) mass is 190 g/mol. The van der Waals surface area contributed by atoms with Crippen molar-refractivity contribution in [3.8, 4) is 11.8 Å². The van der Waals surface area contributed by atoms with Crippen molar-refractivity contribution < 1.29 is 4.74 Å². The van der Waals surface area contributed by atoms with Crippen LogP contribution in [0, 0.1) is 18.3 Å². The number of ether oxygens (including phenoxy) is 1. The number of rotatable bonds is 4. The van der Waals surface area contributed by atoms with Gasteiger partial charge < -0.3 is 10.1 Å². The fourth-order valence-electron chi connectivity index (χ4n) is 1.29. The predicted octanol–water partition coefficient (Wildman–Crippen LogP) is 1.62. The van der Waals surface area contributed by atoms with Gasteiger partial charge in [-0.15, -0.1) is 0 Å². The maximum absolute atomic E-state index is 8.41. The number of hydrogen-bond acceptors (Lipinski definition) is 3. The van der Waals surface area contributed by atoms with Crippen molar-refractivity contribution in [1.29, 1.82) is 5.26 Å². The molecule has 0 bridgehead atoms. The number of nitrogens with zero attached hydrogens (tertiary/aromatic N) is 1. The van der Waals surface area contributed by atoms with E-state index in [9.17, 15) is 0 Å². The number of nitriles is 1. The van der Waals surface area contributed by atoms with Gasteiger partial charge in [0.05, 0.1) is 0 Å². The first-order valence-electron chi connectivity index (χ1n) is 4.52. The third-order valence-corrected chi connectivity index (χ3v) is 1.88. The molecule has 0 saturated carbocycles. The molecule has 0 aliphatic heterocycles. The molecule has 0 amide bonds. The molecule has 0 radical (unpaired) electrons. The zero-order valence-electron chi connectivity index (χ0n) is 8.50. The van der Waals surface area contributed by atoms with E-state index in [2.05, 4.69) is 11.4 Å². The number of nitrogens with one attached hydrogen (secondary N) is 1. The first kappa shape index (κ1) is 10.6. The molecule has 0 unspecified atom stereocenters. The molecular formula is C11H14N2O. The normalized spacial score (nSPS) is 9.50. The minimum atomic E-state index is 0.0970. The topological polar surface area (TPSA) is 45.0 Å². The molecule has 0 spiro atoms. The Hall–Kier alpha value is -1.53. The number of aryl methyl sites for hydroxylation is 1. The highest BCUT2D eigenvalue weighted by molar-refractivity contribution is 5.36. The van der Waals surface area contributed by atoms with Gasteiger partial charge in [0.15, 0.2) is 6.61 Å². The van der Waals surface area contributed by atoms with E-state index >= 15 is 0 Å². The van der Waals surface area contributed by atoms with Crippen LogP contribution in [0.5, 0.6) is 5.75 Å². The van der Waals surface area contributed by atoms with E-state index in [0.717, 1.165) is 17.9 Å². The molecular weight excluding hydrogens is 176 g/mol. The third-order valence-electron chi connectivity index (χ3n) is 1.88. The molecule has 0 aromatic heterocycles. The summed E-state index contributed by atoms with van der Waals surface area (Å²) in [7, 11) is 1.89. The van der Waals surface area contributed by atoms with Crippen molar-refractivity contribution in [1.82, 2.24) is 5.32 Å². The summed E-state index contributed by atoms with van der Waals surface area (Å²) in [5, 5.41) is 11.5. The van der Waals surface area contributed by atoms with Crippen molar-refractivity contribution >= 4 is 0 Å². The van der Waals surface area contributed by atoms with Gasteiger partial charge in [0.25, 0.3) is 0 Å². The van der Waals surface area contributed by atoms with E-state index in [1.807, 2.05) is 32.2 Å². The van der Waals surface area contributed by atoms with E-state index in [1.54, 1.807) is 0 Å². The smallest absolute Gasteiger partial charge is 0.174 e. The van der Waals surface area contributed by atoms with Crippen LogP contribution < -0.4 is 10.1 Å². The van der Waals surface area contributed by atoms with Gasteiger partial charge >= 0.3 is 0 Å². The standard InChI is InChI=1S/C11H14N2O/c1-9-3-4-11(14-6-5-12)10(7-9)8-13-2/h3-4,7,13H,6,8H2,1-2H3. The fourth-order valence-corrected chi connectivity index (χ4v) is 1.29. The van der Waals surface area contributed by atoms with Gasteiger partial charge in [-0.05, 0) is 20.0 Å². The second kappa shape index (κ2) is 5.25. The average Bonchev–Trinajstić information content (AvgIpc) is 2.17. The highest BCUT2D eigenvalue weighted by Crippen LogP contribution is 2.19. The Labute approximate surface area is 84.3 Å². The van der Waals surface area contributed by atoms with Crippen molar-refractivity contribution in [2.24, 2.45) is 0 Å². The summed E-state index contributed by atoms with van der Waals surface area (Å²) < 4.78 is 5.29. The lowest BCUT2D eigenvalue weighted by atomic mass is 10.1. The second-order valence-corrected chi connectivity index (χ2v) is 3.09. The third kappa shape index (κ3) is 2.75. The summed E-state index contributed by atoms with van der Waals surface area (Å²) >= 11 is 0. The molecule has 1 aromatic carbocycles. The molecule has 0 aliphatic carbocycles. The van der Waals surface area contributed by atoms with Gasteiger partial charge in [-0.1, -0.05) is 17.7 Å². The summed E-state index contributed by atoms with van der Waals surface area (Å²) in [6, 6.07) is 7.90. The van der Waals surface area contributed by atoms with Gasteiger partial charge in [-0.2, -0.15) is 5.26 Å². The molecule has 0 saturated heterocycles. The van der Waals surface area contributed by atoms with Crippen LogP contribution in [-0.2, 0) is 6.54 Å². The van der Waals surface area contributed by atoms with Crippen LogP contribution in [0.25, 0.3) is 0 Å². The fraction of sp³-hybridized carbons (Fsp3) is 0.364. The van der Waals surface area contributed by atoms with E-state index < -0.39 is 0 Å². The number of hydrogen-bond donors (Lipinski definition) is 1. The van der Waals surface area contributed by atoms with E-state index in [0.29, 0.717) is 0 Å². The van der Waals surface area contributed by atoms with Crippen LogP contribution in [0.2, 0.25) is 0 Å². The highest BCUT2D eigenvalue weighted by Gasteiger charge is 2.02. The van der Waals surface area contributed by atoms with Gasteiger partial charge in [0, 0.05) is 12.1 Å². The van der Waals surface area contributed by atoms with Crippen molar-refractivity contribution in [3.05, 3.63) is 29.3 Å². The largest absolute Gasteiger partial charge is 0.478 e. The Balaban J connectivity index is 2.85. The SMILES string of the molecule is CNCc1cc(C)ccc1OCC#N. The van der Waals surface area contributed by atoms with Gasteiger partial charge in [-0.25, -0.2) is 0 Å². The molecule has 0 atom stereocenters. The minimum Gasteiger partial charge on any atom is -0.478 e. The molecule has 0 aliphatic rings. The van der Waals surface area contributed by atoms with Crippen LogP contribution in [-0.4, -0.2) is 13.7 Å². The van der Waals surface area contributed by atoms with E-state index in [-0.39, 0.29) is 6.61 Å². The molecule has 0 fully saturated rings. The minimum absolute atomic E-state index is 0.0970. The lowest BCUT2D eigenvalue weighted by Crippen LogP contribution is -2.08. The lowest BCUT2D eigenvalue weighted by molar-refractivity contribution is 0.363. The van der Waals surface area contributed by atoms with Crippen LogP contribution in [0.1, 0.15) is 11.1 Å². The summed E-state index contributed by atoms with van der Waals surface area (Å²) in [4.78, 5) is 0. The van der Waals surface area contributed by atoms with Crippen LogP contribution in [0.3, 0.4) is 0 Å². The zero-order chi connectivity index (χ0) is 10.4. The summed E-state index contributed by atoms with van der Waals surface area (Å²) in [5.41, 5.74) is 2.28. The van der Waals surface area contributed by atoms with E-state index in [4.69, 9.17) is 10.00 Å². The second-order valence-electron chi connectivity index (χ2n) is 3.09. The molecule has 1 rings (SSSR count). The Morgan fingerprint density at radius 3 is 2.93 bits per heavy atom. The van der Waals surface area contributed by atoms with Gasteiger partial charge in [0.1, 0.15) is 11.8 Å². The van der Waals surface area contributed by atoms with Crippen molar-refractivity contribution in [3.63, 3.8) is 0 Å². The van der Waals surface area contributed by atoms with Crippen LogP contribution in [0.4, 0.5) is 0 Å². The molecule has 1 aromatic rings. The molecule has 14 heavy (non-hydrogen) atoms. The number of benzene rings is 1. The maximum atomic E-state index is 8.41. The van der Waals surface area contributed by atoms with Crippen LogP contribution in [0.15, 0.2) is 18.2 Å². The first-order chi connectivity index (χ1) is 6.77. The molecule has 74 valence electrons. The average molecular weight is 190 g/mol. The van der Waals surface area contributed by atoms with Gasteiger partial charge in [0.2, 0.25) is 0 Å². The summed E-state index contributed by atoms with van der Waals surface area (Å²) in [5.74, 6) is 0.784. The summed E-state index contributed by atoms with van der Waals surface area (Å²) in [6.45, 7) is 2.88. The zero-order valence-corrected chi connectivity index (χ0v) is 8.50. The maximum Gasteiger partial charge on any atom is 0.174 e. The Kier molecular flexibility index (Phi) is 3.96. The quantitative estimate of drug-likeness (QED) is 0.784. The van der Waals surface area contributed by atoms with Crippen molar-refractivity contribution in [2.45, 2.75) is 13.5 Å². The highest BCUT2D eigenvalue weighted by atomic mass is 16.5. The first-order valence-corrected chi connectivity index (χ1v) is 4.52. The predicted molar refractivity (Wildman–Crippen MR) is 55.1 cm³/mol. The molecule has 3 heteroatoms. The Bertz CT molecular complexity index is 342. The lowest BCUT2D eigenvalue weighted by Gasteiger charge is -2.09.